The summed E-state index contributed by atoms with van der Waals surface area (Å²) in [6.45, 7) is 6.52. The number of H-pyrrole nitrogens is 1. The molecule has 1 aromatic heterocycles. The summed E-state index contributed by atoms with van der Waals surface area (Å²) in [5.41, 5.74) is 7.17. The lowest BCUT2D eigenvalue weighted by Crippen LogP contribution is -2.33. The lowest BCUT2D eigenvalue weighted by molar-refractivity contribution is 0.835. The quantitative estimate of drug-likeness (QED) is 0.354. The molecule has 2 aromatic carbocycles. The Bertz CT molecular complexity index is 1050. The van der Waals surface area contributed by atoms with Crippen LogP contribution in [0.5, 0.6) is 0 Å². The van der Waals surface area contributed by atoms with Crippen molar-refractivity contribution in [3.63, 3.8) is 0 Å². The Labute approximate surface area is 169 Å². The molecule has 0 saturated carbocycles. The molecule has 28 heavy (non-hydrogen) atoms. The van der Waals surface area contributed by atoms with Crippen LogP contribution in [0.15, 0.2) is 64.5 Å². The summed E-state index contributed by atoms with van der Waals surface area (Å²) in [6, 6.07) is 17.3. The number of hydrogen-bond acceptors (Lipinski definition) is 3. The van der Waals surface area contributed by atoms with Gasteiger partial charge in [0.15, 0.2) is 5.11 Å². The van der Waals surface area contributed by atoms with Gasteiger partial charge < -0.3 is 5.32 Å². The molecule has 0 atom stereocenters. The van der Waals surface area contributed by atoms with Gasteiger partial charge in [-0.3, -0.25) is 15.3 Å². The number of rotatable bonds is 5. The third kappa shape index (κ3) is 4.20. The maximum absolute atomic E-state index is 13.2. The van der Waals surface area contributed by atoms with Crippen molar-refractivity contribution in [3.8, 4) is 5.69 Å². The Hall–Kier alpha value is -3.19. The molecule has 3 rings (SSSR count). The zero-order valence-corrected chi connectivity index (χ0v) is 16.9. The van der Waals surface area contributed by atoms with Crippen LogP contribution >= 0.6 is 12.2 Å². The number of nitrogens with one attached hydrogen (secondary N) is 3. The van der Waals surface area contributed by atoms with Crippen LogP contribution in [0, 0.1) is 13.8 Å². The Balaban J connectivity index is 2.12. The Kier molecular flexibility index (Phi) is 6.06. The first-order valence-electron chi connectivity index (χ1n) is 9.07. The summed E-state index contributed by atoms with van der Waals surface area (Å²) >= 11 is 5.22. The minimum absolute atomic E-state index is 0.167. The van der Waals surface area contributed by atoms with Gasteiger partial charge in [-0.1, -0.05) is 48.0 Å². The second kappa shape index (κ2) is 8.67. The normalized spacial score (nSPS) is 11.3. The SMILES string of the molecule is CCNC(=S)N/N=C(\c1ccc(C)cc1)c1c(C)[nH]n(-c2ccccc2)c1=O. The minimum atomic E-state index is -0.167. The Morgan fingerprint density at radius 3 is 2.43 bits per heavy atom. The number of thiocarbonyl (C=S) groups is 1. The predicted molar refractivity (Wildman–Crippen MR) is 117 cm³/mol. The van der Waals surface area contributed by atoms with Crippen LogP contribution in [0.25, 0.3) is 5.69 Å². The van der Waals surface area contributed by atoms with Crippen LogP contribution in [-0.2, 0) is 0 Å². The second-order valence-electron chi connectivity index (χ2n) is 6.39. The molecule has 0 aliphatic heterocycles. The number of aryl methyl sites for hydroxylation is 2. The fourth-order valence-electron chi connectivity index (χ4n) is 2.87. The molecule has 0 fully saturated rings. The minimum Gasteiger partial charge on any atom is -0.362 e. The van der Waals surface area contributed by atoms with Crippen LogP contribution in [-0.4, -0.2) is 27.1 Å². The van der Waals surface area contributed by atoms with Crippen LogP contribution in [0.1, 0.15) is 29.3 Å². The second-order valence-corrected chi connectivity index (χ2v) is 6.79. The number of benzene rings is 2. The van der Waals surface area contributed by atoms with Gasteiger partial charge in [-0.05, 0) is 45.1 Å². The van der Waals surface area contributed by atoms with Crippen LogP contribution < -0.4 is 16.3 Å². The van der Waals surface area contributed by atoms with Crippen molar-refractivity contribution in [1.82, 2.24) is 20.5 Å². The first-order valence-corrected chi connectivity index (χ1v) is 9.48. The van der Waals surface area contributed by atoms with Gasteiger partial charge in [-0.15, -0.1) is 0 Å². The molecule has 0 spiro atoms. The summed E-state index contributed by atoms with van der Waals surface area (Å²) in [4.78, 5) is 13.2. The smallest absolute Gasteiger partial charge is 0.281 e. The third-order valence-corrected chi connectivity index (χ3v) is 4.49. The molecule has 3 aromatic rings. The summed E-state index contributed by atoms with van der Waals surface area (Å²) in [7, 11) is 0. The van der Waals surface area contributed by atoms with Crippen molar-refractivity contribution in [2.45, 2.75) is 20.8 Å². The highest BCUT2D eigenvalue weighted by molar-refractivity contribution is 7.80. The Morgan fingerprint density at radius 2 is 1.79 bits per heavy atom. The number of aromatic nitrogens is 2. The molecule has 144 valence electrons. The molecule has 6 nitrogen and oxygen atoms in total. The Morgan fingerprint density at radius 1 is 1.11 bits per heavy atom. The number of hydrazone groups is 1. The van der Waals surface area contributed by atoms with Crippen molar-refractivity contribution >= 4 is 23.0 Å². The maximum atomic E-state index is 13.2. The highest BCUT2D eigenvalue weighted by Gasteiger charge is 2.19. The van der Waals surface area contributed by atoms with E-state index in [9.17, 15) is 4.79 Å². The fourth-order valence-corrected chi connectivity index (χ4v) is 3.06. The van der Waals surface area contributed by atoms with Gasteiger partial charge in [0.05, 0.1) is 11.3 Å². The molecule has 1 heterocycles. The van der Waals surface area contributed by atoms with Crippen molar-refractivity contribution in [1.29, 1.82) is 0 Å². The van der Waals surface area contributed by atoms with E-state index >= 15 is 0 Å². The molecule has 0 saturated heterocycles. The number of para-hydroxylation sites is 1. The molecule has 7 heteroatoms. The average molecular weight is 394 g/mol. The van der Waals surface area contributed by atoms with Crippen molar-refractivity contribution in [2.24, 2.45) is 5.10 Å². The zero-order valence-electron chi connectivity index (χ0n) is 16.1. The largest absolute Gasteiger partial charge is 0.362 e. The van der Waals surface area contributed by atoms with Gasteiger partial charge in [0.25, 0.3) is 5.56 Å². The van der Waals surface area contributed by atoms with E-state index in [2.05, 4.69) is 20.9 Å². The highest BCUT2D eigenvalue weighted by atomic mass is 32.1. The van der Waals surface area contributed by atoms with Crippen molar-refractivity contribution in [2.75, 3.05) is 6.54 Å². The summed E-state index contributed by atoms with van der Waals surface area (Å²) in [6.07, 6.45) is 0. The van der Waals surface area contributed by atoms with E-state index in [1.54, 1.807) is 0 Å². The molecule has 0 radical (unpaired) electrons. The van der Waals surface area contributed by atoms with Gasteiger partial charge in [0.2, 0.25) is 0 Å². The maximum Gasteiger partial charge on any atom is 0.281 e. The molecular formula is C21H23N5OS. The lowest BCUT2D eigenvalue weighted by Gasteiger charge is -2.09. The van der Waals surface area contributed by atoms with Gasteiger partial charge in [0.1, 0.15) is 5.71 Å². The van der Waals surface area contributed by atoms with Crippen molar-refractivity contribution < 1.29 is 0 Å². The van der Waals surface area contributed by atoms with E-state index in [4.69, 9.17) is 12.2 Å². The van der Waals surface area contributed by atoms with E-state index in [1.807, 2.05) is 75.4 Å². The molecular weight excluding hydrogens is 370 g/mol. The molecule has 3 N–H and O–H groups in total. The topological polar surface area (TPSA) is 74.2 Å². The standard InChI is InChI=1S/C21H23N5OS/c1-4-22-21(28)24-23-19(16-12-10-14(2)11-13-16)18-15(3)25-26(20(18)27)17-8-6-5-7-9-17/h5-13,25H,4H2,1-3H3,(H2,22,24,28)/b23-19+. The van der Waals surface area contributed by atoms with Gasteiger partial charge >= 0.3 is 0 Å². The monoisotopic (exact) mass is 393 g/mol. The summed E-state index contributed by atoms with van der Waals surface area (Å²) in [5.74, 6) is 0. The van der Waals surface area contributed by atoms with Crippen molar-refractivity contribution in [3.05, 3.63) is 87.3 Å². The fraction of sp³-hybridized carbons (Fsp3) is 0.190. The highest BCUT2D eigenvalue weighted by Crippen LogP contribution is 2.14. The molecule has 0 amide bonds. The number of hydrogen-bond donors (Lipinski definition) is 3. The molecule has 0 aliphatic carbocycles. The first kappa shape index (κ1) is 19.6. The first-order chi connectivity index (χ1) is 13.5. The number of nitrogens with zero attached hydrogens (tertiary/aromatic N) is 2. The van der Waals surface area contributed by atoms with Gasteiger partial charge in [-0.25, -0.2) is 4.68 Å². The van der Waals surface area contributed by atoms with E-state index < -0.39 is 0 Å². The third-order valence-electron chi connectivity index (χ3n) is 4.25. The zero-order chi connectivity index (χ0) is 20.1. The molecule has 0 unspecified atom stereocenters. The van der Waals surface area contributed by atoms with Crippen LogP contribution in [0.4, 0.5) is 0 Å². The summed E-state index contributed by atoms with van der Waals surface area (Å²) in [5, 5.41) is 11.0. The van der Waals surface area contributed by atoms with Gasteiger partial charge in [-0.2, -0.15) is 5.10 Å². The van der Waals surface area contributed by atoms with Crippen LogP contribution in [0.2, 0.25) is 0 Å². The lowest BCUT2D eigenvalue weighted by atomic mass is 10.0. The van der Waals surface area contributed by atoms with Crippen LogP contribution in [0.3, 0.4) is 0 Å². The van der Waals surface area contributed by atoms with E-state index in [1.165, 1.54) is 4.68 Å². The average Bonchev–Trinajstić information content (AvgIpc) is 2.99. The molecule has 0 aliphatic rings. The molecule has 0 bridgehead atoms. The predicted octanol–water partition coefficient (Wildman–Crippen LogP) is 3.02. The van der Waals surface area contributed by atoms with E-state index in [-0.39, 0.29) is 5.56 Å². The summed E-state index contributed by atoms with van der Waals surface area (Å²) < 4.78 is 1.52. The van der Waals surface area contributed by atoms with E-state index in [0.717, 1.165) is 22.5 Å². The van der Waals surface area contributed by atoms with Gasteiger partial charge in [0, 0.05) is 17.8 Å². The van der Waals surface area contributed by atoms with E-state index in [0.29, 0.717) is 22.9 Å². The number of aromatic amines is 1.